The molecule has 8 heteroatoms. The van der Waals surface area contributed by atoms with E-state index in [1.54, 1.807) is 13.2 Å². The van der Waals surface area contributed by atoms with Crippen molar-refractivity contribution >= 4 is 40.0 Å². The zero-order valence-electron chi connectivity index (χ0n) is 17.4. The maximum absolute atomic E-state index is 12.9. The molecule has 1 aromatic carbocycles. The lowest BCUT2D eigenvalue weighted by molar-refractivity contribution is -0.115. The van der Waals surface area contributed by atoms with Gasteiger partial charge in [-0.25, -0.2) is 0 Å². The average Bonchev–Trinajstić information content (AvgIpc) is 3.28. The van der Waals surface area contributed by atoms with Gasteiger partial charge >= 0.3 is 0 Å². The van der Waals surface area contributed by atoms with E-state index in [4.69, 9.17) is 9.15 Å². The number of hydrogen-bond donors (Lipinski definition) is 1. The van der Waals surface area contributed by atoms with Gasteiger partial charge in [0.1, 0.15) is 22.4 Å². The SMILES string of the molecule is CCc1nnc(S[C@@H](CC)C(=O)Nc2cccc(OC)c2)c2cc3oc(C)cc3n12. The largest absolute Gasteiger partial charge is 0.497 e. The number of carbonyl (C=O) groups is 1. The van der Waals surface area contributed by atoms with E-state index >= 15 is 0 Å². The van der Waals surface area contributed by atoms with E-state index in [-0.39, 0.29) is 11.2 Å². The fourth-order valence-electron chi connectivity index (χ4n) is 3.44. The second-order valence-corrected chi connectivity index (χ2v) is 8.17. The molecule has 30 heavy (non-hydrogen) atoms. The summed E-state index contributed by atoms with van der Waals surface area (Å²) in [7, 11) is 1.60. The first-order valence-electron chi connectivity index (χ1n) is 9.92. The lowest BCUT2D eigenvalue weighted by Crippen LogP contribution is -2.24. The number of hydrogen-bond acceptors (Lipinski definition) is 6. The van der Waals surface area contributed by atoms with Gasteiger partial charge in [-0.1, -0.05) is 31.7 Å². The Hall–Kier alpha value is -3.00. The van der Waals surface area contributed by atoms with E-state index in [1.165, 1.54) is 11.8 Å². The molecule has 0 saturated carbocycles. The molecule has 0 radical (unpaired) electrons. The second-order valence-electron chi connectivity index (χ2n) is 6.98. The Kier molecular flexibility index (Phi) is 5.67. The highest BCUT2D eigenvalue weighted by atomic mass is 32.2. The summed E-state index contributed by atoms with van der Waals surface area (Å²) in [5.74, 6) is 2.33. The highest BCUT2D eigenvalue weighted by molar-refractivity contribution is 8.00. The van der Waals surface area contributed by atoms with Crippen molar-refractivity contribution in [3.05, 3.63) is 48.0 Å². The number of benzene rings is 1. The number of nitrogens with zero attached hydrogens (tertiary/aromatic N) is 3. The summed E-state index contributed by atoms with van der Waals surface area (Å²) in [4.78, 5) is 12.9. The second kappa shape index (κ2) is 8.39. The number of furan rings is 1. The predicted molar refractivity (Wildman–Crippen MR) is 118 cm³/mol. The van der Waals surface area contributed by atoms with Gasteiger partial charge < -0.3 is 14.5 Å². The molecule has 0 fully saturated rings. The number of aryl methyl sites for hydroxylation is 2. The number of amides is 1. The smallest absolute Gasteiger partial charge is 0.237 e. The van der Waals surface area contributed by atoms with Crippen LogP contribution in [-0.4, -0.2) is 32.9 Å². The third-order valence-electron chi connectivity index (χ3n) is 4.92. The van der Waals surface area contributed by atoms with Crippen molar-refractivity contribution in [2.45, 2.75) is 43.9 Å². The fraction of sp³-hybridized carbons (Fsp3) is 0.318. The number of fused-ring (bicyclic) bond motifs is 3. The van der Waals surface area contributed by atoms with Crippen LogP contribution in [0.4, 0.5) is 5.69 Å². The molecule has 0 aliphatic heterocycles. The number of thioether (sulfide) groups is 1. The normalized spacial score (nSPS) is 12.4. The monoisotopic (exact) mass is 424 g/mol. The van der Waals surface area contributed by atoms with Crippen LogP contribution >= 0.6 is 11.8 Å². The van der Waals surface area contributed by atoms with Crippen LogP contribution in [-0.2, 0) is 11.2 Å². The first-order valence-corrected chi connectivity index (χ1v) is 10.8. The van der Waals surface area contributed by atoms with Crippen LogP contribution < -0.4 is 10.1 Å². The van der Waals surface area contributed by atoms with Gasteiger partial charge in [-0.15, -0.1) is 10.2 Å². The van der Waals surface area contributed by atoms with Crippen LogP contribution in [0.1, 0.15) is 31.9 Å². The van der Waals surface area contributed by atoms with Crippen LogP contribution in [0.25, 0.3) is 16.6 Å². The zero-order valence-corrected chi connectivity index (χ0v) is 18.2. The quantitative estimate of drug-likeness (QED) is 0.427. The fourth-order valence-corrected chi connectivity index (χ4v) is 4.40. The number of ether oxygens (including phenoxy) is 1. The lowest BCUT2D eigenvalue weighted by Gasteiger charge is -2.15. The zero-order chi connectivity index (χ0) is 21.3. The van der Waals surface area contributed by atoms with E-state index < -0.39 is 0 Å². The van der Waals surface area contributed by atoms with E-state index in [0.717, 1.165) is 34.6 Å². The molecule has 3 aromatic heterocycles. The van der Waals surface area contributed by atoms with Crippen LogP contribution in [0.2, 0.25) is 0 Å². The van der Waals surface area contributed by atoms with Crippen molar-refractivity contribution in [3.63, 3.8) is 0 Å². The topological polar surface area (TPSA) is 81.7 Å². The van der Waals surface area contributed by atoms with Gasteiger partial charge in [0.15, 0.2) is 5.58 Å². The number of aromatic nitrogens is 3. The van der Waals surface area contributed by atoms with Gasteiger partial charge in [0.05, 0.1) is 23.4 Å². The van der Waals surface area contributed by atoms with Crippen molar-refractivity contribution in [3.8, 4) is 5.75 Å². The molecule has 1 N–H and O–H groups in total. The van der Waals surface area contributed by atoms with Crippen molar-refractivity contribution in [2.75, 3.05) is 12.4 Å². The number of carbonyl (C=O) groups excluding carboxylic acids is 1. The Morgan fingerprint density at radius 2 is 2.07 bits per heavy atom. The Balaban J connectivity index is 1.64. The van der Waals surface area contributed by atoms with E-state index in [1.807, 2.05) is 51.1 Å². The minimum absolute atomic E-state index is 0.0821. The van der Waals surface area contributed by atoms with Gasteiger partial charge in [0, 0.05) is 30.3 Å². The molecule has 156 valence electrons. The molecule has 4 aromatic rings. The van der Waals surface area contributed by atoms with Crippen molar-refractivity contribution in [2.24, 2.45) is 0 Å². The summed E-state index contributed by atoms with van der Waals surface area (Å²) in [6.07, 6.45) is 1.40. The molecule has 0 bridgehead atoms. The maximum Gasteiger partial charge on any atom is 0.237 e. The Bertz CT molecular complexity index is 1210. The van der Waals surface area contributed by atoms with E-state index in [9.17, 15) is 4.79 Å². The molecule has 0 aliphatic carbocycles. The summed E-state index contributed by atoms with van der Waals surface area (Å²) in [5, 5.41) is 12.2. The summed E-state index contributed by atoms with van der Waals surface area (Å²) in [6, 6.07) is 11.3. The van der Waals surface area contributed by atoms with Gasteiger partial charge in [-0.2, -0.15) is 0 Å². The minimum Gasteiger partial charge on any atom is -0.497 e. The molecular formula is C22H24N4O3S. The van der Waals surface area contributed by atoms with Crippen LogP contribution in [0, 0.1) is 6.92 Å². The highest BCUT2D eigenvalue weighted by Gasteiger charge is 2.23. The summed E-state index contributed by atoms with van der Waals surface area (Å²) >= 11 is 1.42. The molecule has 3 heterocycles. The lowest BCUT2D eigenvalue weighted by atomic mass is 10.2. The first-order chi connectivity index (χ1) is 14.5. The maximum atomic E-state index is 12.9. The number of methoxy groups -OCH3 is 1. The van der Waals surface area contributed by atoms with Crippen LogP contribution in [0.15, 0.2) is 45.8 Å². The molecule has 4 rings (SSSR count). The van der Waals surface area contributed by atoms with Crippen LogP contribution in [0.3, 0.4) is 0 Å². The predicted octanol–water partition coefficient (Wildman–Crippen LogP) is 4.86. The number of anilines is 1. The molecule has 1 amide bonds. The first kappa shape index (κ1) is 20.3. The number of nitrogens with one attached hydrogen (secondary N) is 1. The van der Waals surface area contributed by atoms with Gasteiger partial charge in [0.2, 0.25) is 5.91 Å². The average molecular weight is 425 g/mol. The van der Waals surface area contributed by atoms with Gasteiger partial charge in [0.25, 0.3) is 0 Å². The van der Waals surface area contributed by atoms with E-state index in [0.29, 0.717) is 22.9 Å². The molecule has 7 nitrogen and oxygen atoms in total. The van der Waals surface area contributed by atoms with Gasteiger partial charge in [-0.3, -0.25) is 9.20 Å². The van der Waals surface area contributed by atoms with Crippen molar-refractivity contribution in [1.82, 2.24) is 14.6 Å². The number of rotatable bonds is 7. The highest BCUT2D eigenvalue weighted by Crippen LogP contribution is 2.33. The molecule has 0 unspecified atom stereocenters. The Morgan fingerprint density at radius 1 is 1.23 bits per heavy atom. The van der Waals surface area contributed by atoms with Gasteiger partial charge in [-0.05, 0) is 25.5 Å². The summed E-state index contributed by atoms with van der Waals surface area (Å²) in [5.41, 5.74) is 3.39. The van der Waals surface area contributed by atoms with Crippen LogP contribution in [0.5, 0.6) is 5.75 Å². The Labute approximate surface area is 178 Å². The third-order valence-corrected chi connectivity index (χ3v) is 6.26. The summed E-state index contributed by atoms with van der Waals surface area (Å²) in [6.45, 7) is 5.96. The van der Waals surface area contributed by atoms with Crippen molar-refractivity contribution < 1.29 is 13.9 Å². The molecule has 0 spiro atoms. The molecule has 0 aliphatic rings. The summed E-state index contributed by atoms with van der Waals surface area (Å²) < 4.78 is 13.1. The van der Waals surface area contributed by atoms with E-state index in [2.05, 4.69) is 19.9 Å². The Morgan fingerprint density at radius 3 is 2.80 bits per heavy atom. The third kappa shape index (κ3) is 3.75. The molecular weight excluding hydrogens is 400 g/mol. The standard InChI is InChI=1S/C22H24N4O3S/c1-5-19(21(27)23-14-8-7-9-15(11-14)28-4)30-22-17-12-18-16(10-13(3)29-18)26(17)20(6-2)24-25-22/h7-12,19H,5-6H2,1-4H3,(H,23,27)/t19-/m0/s1. The minimum atomic E-state index is -0.315. The van der Waals surface area contributed by atoms with Crippen molar-refractivity contribution in [1.29, 1.82) is 0 Å². The molecule has 1 atom stereocenters. The molecule has 0 saturated heterocycles.